The maximum Gasteiger partial charge on any atom is 0.0527 e. The molecule has 62 valence electrons. The second-order valence-corrected chi connectivity index (χ2v) is 3.20. The molecule has 13 heavy (non-hydrogen) atoms. The number of aromatic nitrogens is 1. The first-order chi connectivity index (χ1) is 6.45. The van der Waals surface area contributed by atoms with Gasteiger partial charge < -0.3 is 4.40 Å². The molecular formula is C12H9N. The lowest BCUT2D eigenvalue weighted by Gasteiger charge is -2.01. The molecule has 0 amide bonds. The predicted octanol–water partition coefficient (Wildman–Crippen LogP) is 3.09. The van der Waals surface area contributed by atoms with E-state index in [0.717, 1.165) is 0 Å². The molecule has 2 aromatic heterocycles. The summed E-state index contributed by atoms with van der Waals surface area (Å²) in [6.07, 6.45) is 2.09. The second-order valence-electron chi connectivity index (χ2n) is 3.20. The van der Waals surface area contributed by atoms with Crippen LogP contribution in [0.1, 0.15) is 0 Å². The van der Waals surface area contributed by atoms with E-state index in [-0.39, 0.29) is 0 Å². The smallest absolute Gasteiger partial charge is 0.0527 e. The number of nitrogens with zero attached hydrogens (tertiary/aromatic N) is 1. The van der Waals surface area contributed by atoms with Crippen LogP contribution in [0.2, 0.25) is 0 Å². The summed E-state index contributed by atoms with van der Waals surface area (Å²) >= 11 is 0. The van der Waals surface area contributed by atoms with Gasteiger partial charge in [-0.1, -0.05) is 24.3 Å². The number of rotatable bonds is 0. The molecule has 0 atom stereocenters. The van der Waals surface area contributed by atoms with E-state index in [1.165, 1.54) is 16.4 Å². The van der Waals surface area contributed by atoms with Gasteiger partial charge in [0.25, 0.3) is 0 Å². The second kappa shape index (κ2) is 2.36. The van der Waals surface area contributed by atoms with Crippen LogP contribution in [0.25, 0.3) is 16.4 Å². The number of fused-ring (bicyclic) bond motifs is 3. The van der Waals surface area contributed by atoms with E-state index in [1.54, 1.807) is 0 Å². The number of hydrogen-bond acceptors (Lipinski definition) is 0. The molecule has 0 radical (unpaired) electrons. The molecular weight excluding hydrogens is 158 g/mol. The van der Waals surface area contributed by atoms with Crippen molar-refractivity contribution in [2.24, 2.45) is 0 Å². The van der Waals surface area contributed by atoms with Crippen LogP contribution in [0.5, 0.6) is 0 Å². The van der Waals surface area contributed by atoms with Crippen LogP contribution in [0.3, 0.4) is 0 Å². The third kappa shape index (κ3) is 0.872. The Morgan fingerprint density at radius 1 is 0.769 bits per heavy atom. The average molecular weight is 167 g/mol. The predicted molar refractivity (Wildman–Crippen MR) is 54.9 cm³/mol. The molecule has 0 bridgehead atoms. The van der Waals surface area contributed by atoms with Crippen LogP contribution in [0.4, 0.5) is 0 Å². The molecule has 3 aromatic rings. The van der Waals surface area contributed by atoms with Crippen molar-refractivity contribution >= 4 is 16.4 Å². The van der Waals surface area contributed by atoms with E-state index in [0.29, 0.717) is 0 Å². The molecule has 1 aromatic carbocycles. The van der Waals surface area contributed by atoms with Crippen molar-refractivity contribution in [3.63, 3.8) is 0 Å². The van der Waals surface area contributed by atoms with Gasteiger partial charge in [-0.05, 0) is 29.7 Å². The third-order valence-corrected chi connectivity index (χ3v) is 2.41. The van der Waals surface area contributed by atoms with Gasteiger partial charge in [-0.15, -0.1) is 0 Å². The van der Waals surface area contributed by atoms with Gasteiger partial charge in [0.1, 0.15) is 0 Å². The summed E-state index contributed by atoms with van der Waals surface area (Å²) in [5.41, 5.74) is 2.52. The molecule has 2 heterocycles. The maximum absolute atomic E-state index is 2.20. The molecule has 3 rings (SSSR count). The van der Waals surface area contributed by atoms with Gasteiger partial charge in [0, 0.05) is 11.7 Å². The molecule has 0 fully saturated rings. The Balaban J connectivity index is 2.65. The fourth-order valence-electron chi connectivity index (χ4n) is 1.77. The van der Waals surface area contributed by atoms with Crippen molar-refractivity contribution in [2.75, 3.05) is 0 Å². The van der Waals surface area contributed by atoms with Gasteiger partial charge in [0.2, 0.25) is 0 Å². The highest BCUT2D eigenvalue weighted by atomic mass is 14.9. The summed E-state index contributed by atoms with van der Waals surface area (Å²) in [5.74, 6) is 0. The number of para-hydroxylation sites is 1. The van der Waals surface area contributed by atoms with Gasteiger partial charge in [0.15, 0.2) is 0 Å². The van der Waals surface area contributed by atoms with E-state index in [1.807, 2.05) is 0 Å². The van der Waals surface area contributed by atoms with Crippen molar-refractivity contribution in [3.05, 3.63) is 54.7 Å². The minimum Gasteiger partial charge on any atom is -0.317 e. The van der Waals surface area contributed by atoms with E-state index in [2.05, 4.69) is 59.1 Å². The summed E-state index contributed by atoms with van der Waals surface area (Å²) in [5, 5.41) is 1.28. The van der Waals surface area contributed by atoms with Crippen molar-refractivity contribution in [1.29, 1.82) is 0 Å². The SMILES string of the molecule is c1ccc2c(c1)ccc1cccn12. The number of pyridine rings is 1. The zero-order valence-electron chi connectivity index (χ0n) is 7.14. The normalized spacial score (nSPS) is 11.1. The highest BCUT2D eigenvalue weighted by Crippen LogP contribution is 2.16. The third-order valence-electron chi connectivity index (χ3n) is 2.41. The molecule has 0 N–H and O–H groups in total. The molecule has 0 saturated heterocycles. The molecule has 0 aliphatic rings. The van der Waals surface area contributed by atoms with E-state index in [9.17, 15) is 0 Å². The molecule has 0 aliphatic heterocycles. The van der Waals surface area contributed by atoms with Gasteiger partial charge in [-0.2, -0.15) is 0 Å². The number of benzene rings is 1. The van der Waals surface area contributed by atoms with Crippen LogP contribution >= 0.6 is 0 Å². The standard InChI is InChI=1S/C12H9N/c1-2-6-12-10(4-1)7-8-11-5-3-9-13(11)12/h1-9H. The van der Waals surface area contributed by atoms with Crippen molar-refractivity contribution in [2.45, 2.75) is 0 Å². The van der Waals surface area contributed by atoms with Crippen molar-refractivity contribution < 1.29 is 0 Å². The lowest BCUT2D eigenvalue weighted by Crippen LogP contribution is -1.84. The summed E-state index contributed by atoms with van der Waals surface area (Å²) < 4.78 is 2.20. The zero-order valence-corrected chi connectivity index (χ0v) is 7.14. The maximum atomic E-state index is 2.20. The van der Waals surface area contributed by atoms with Gasteiger partial charge >= 0.3 is 0 Å². The minimum atomic E-state index is 1.25. The molecule has 0 spiro atoms. The monoisotopic (exact) mass is 167 g/mol. The average Bonchev–Trinajstić information content (AvgIpc) is 2.65. The summed E-state index contributed by atoms with van der Waals surface area (Å²) in [6.45, 7) is 0. The highest BCUT2D eigenvalue weighted by molar-refractivity contribution is 5.82. The fourth-order valence-corrected chi connectivity index (χ4v) is 1.77. The first-order valence-electron chi connectivity index (χ1n) is 4.40. The van der Waals surface area contributed by atoms with Crippen LogP contribution in [-0.2, 0) is 0 Å². The molecule has 1 nitrogen and oxygen atoms in total. The van der Waals surface area contributed by atoms with E-state index < -0.39 is 0 Å². The van der Waals surface area contributed by atoms with Crippen LogP contribution < -0.4 is 0 Å². The molecule has 0 saturated carbocycles. The zero-order chi connectivity index (χ0) is 8.67. The molecule has 0 aliphatic carbocycles. The lowest BCUT2D eigenvalue weighted by molar-refractivity contribution is 1.27. The van der Waals surface area contributed by atoms with Crippen molar-refractivity contribution in [3.8, 4) is 0 Å². The molecule has 1 heteroatoms. The Kier molecular flexibility index (Phi) is 1.22. The Morgan fingerprint density at radius 3 is 2.69 bits per heavy atom. The highest BCUT2D eigenvalue weighted by Gasteiger charge is 1.96. The summed E-state index contributed by atoms with van der Waals surface area (Å²) in [4.78, 5) is 0. The topological polar surface area (TPSA) is 4.41 Å². The van der Waals surface area contributed by atoms with E-state index in [4.69, 9.17) is 0 Å². The van der Waals surface area contributed by atoms with E-state index >= 15 is 0 Å². The molecule has 0 unspecified atom stereocenters. The fraction of sp³-hybridized carbons (Fsp3) is 0. The van der Waals surface area contributed by atoms with Crippen molar-refractivity contribution in [1.82, 2.24) is 4.40 Å². The Bertz CT molecular complexity index is 563. The van der Waals surface area contributed by atoms with Crippen LogP contribution in [-0.4, -0.2) is 4.40 Å². The summed E-state index contributed by atoms with van der Waals surface area (Å²) in [6, 6.07) is 16.9. The van der Waals surface area contributed by atoms with Gasteiger partial charge in [-0.25, -0.2) is 0 Å². The largest absolute Gasteiger partial charge is 0.317 e. The summed E-state index contributed by atoms with van der Waals surface area (Å²) in [7, 11) is 0. The van der Waals surface area contributed by atoms with Gasteiger partial charge in [0.05, 0.1) is 5.52 Å². The first-order valence-corrected chi connectivity index (χ1v) is 4.40. The number of hydrogen-bond donors (Lipinski definition) is 0. The Hall–Kier alpha value is -1.76. The van der Waals surface area contributed by atoms with Crippen LogP contribution in [0.15, 0.2) is 54.7 Å². The quantitative estimate of drug-likeness (QED) is 0.484. The first kappa shape index (κ1) is 6.72. The minimum absolute atomic E-state index is 1.25. The Labute approximate surface area is 76.2 Å². The lowest BCUT2D eigenvalue weighted by atomic mass is 10.2. The van der Waals surface area contributed by atoms with Gasteiger partial charge in [-0.3, -0.25) is 0 Å². The van der Waals surface area contributed by atoms with Crippen LogP contribution in [0, 0.1) is 0 Å². The Morgan fingerprint density at radius 2 is 1.69 bits per heavy atom.